The van der Waals surface area contributed by atoms with Crippen LogP contribution in [-0.2, 0) is 17.8 Å². The molecule has 0 saturated heterocycles. The monoisotopic (exact) mass is 522 g/mol. The average Bonchev–Trinajstić information content (AvgIpc) is 3.77. The Labute approximate surface area is 229 Å². The highest BCUT2D eigenvalue weighted by Crippen LogP contribution is 2.41. The van der Waals surface area contributed by atoms with Crippen molar-refractivity contribution in [3.8, 4) is 0 Å². The maximum Gasteiger partial charge on any atom is 0.232 e. The third kappa shape index (κ3) is 5.25. The molecule has 3 aromatic carbocycles. The highest BCUT2D eigenvalue weighted by atomic mass is 35.5. The fourth-order valence-corrected chi connectivity index (χ4v) is 5.35. The molecule has 1 aromatic heterocycles. The van der Waals surface area contributed by atoms with Crippen LogP contribution in [0.25, 0.3) is 0 Å². The van der Waals surface area contributed by atoms with Crippen molar-refractivity contribution in [2.45, 2.75) is 31.8 Å². The molecule has 0 radical (unpaired) electrons. The van der Waals surface area contributed by atoms with E-state index >= 15 is 0 Å². The number of pyridine rings is 1. The maximum atomic E-state index is 13.6. The molecule has 6 heteroatoms. The summed E-state index contributed by atoms with van der Waals surface area (Å²) in [5, 5.41) is 4.29. The van der Waals surface area contributed by atoms with Gasteiger partial charge in [0.15, 0.2) is 0 Å². The molecule has 6 rings (SSSR count). The van der Waals surface area contributed by atoms with Gasteiger partial charge in [0.1, 0.15) is 0 Å². The number of hydrogen-bond acceptors (Lipinski definition) is 4. The van der Waals surface area contributed by atoms with E-state index in [9.17, 15) is 4.79 Å². The van der Waals surface area contributed by atoms with Crippen LogP contribution in [0.4, 0.5) is 17.1 Å². The Hall–Kier alpha value is -3.83. The predicted molar refractivity (Wildman–Crippen MR) is 155 cm³/mol. The van der Waals surface area contributed by atoms with Crippen LogP contribution in [0, 0.1) is 5.92 Å². The van der Waals surface area contributed by atoms with Crippen LogP contribution in [0.5, 0.6) is 0 Å². The minimum absolute atomic E-state index is 0.0917. The highest BCUT2D eigenvalue weighted by Gasteiger charge is 2.35. The molecule has 1 fully saturated rings. The van der Waals surface area contributed by atoms with Crippen LogP contribution < -0.4 is 15.1 Å². The van der Waals surface area contributed by atoms with Crippen molar-refractivity contribution in [3.63, 3.8) is 0 Å². The van der Waals surface area contributed by atoms with E-state index in [1.165, 1.54) is 18.4 Å². The number of hydrogen-bond donors (Lipinski definition) is 1. The number of amides is 1. The van der Waals surface area contributed by atoms with Gasteiger partial charge in [0.25, 0.3) is 0 Å². The van der Waals surface area contributed by atoms with Gasteiger partial charge in [-0.25, -0.2) is 0 Å². The average molecular weight is 523 g/mol. The zero-order chi connectivity index (χ0) is 26.1. The summed E-state index contributed by atoms with van der Waals surface area (Å²) in [5.74, 6) is 0.875. The number of aromatic nitrogens is 1. The van der Waals surface area contributed by atoms with E-state index in [1.807, 2.05) is 53.7 Å². The Morgan fingerprint density at radius 2 is 1.71 bits per heavy atom. The molecule has 1 amide bonds. The van der Waals surface area contributed by atoms with Crippen LogP contribution in [0.1, 0.15) is 41.1 Å². The molecule has 1 unspecified atom stereocenters. The molecule has 2 aliphatic rings. The molecule has 1 atom stereocenters. The molecule has 1 saturated carbocycles. The van der Waals surface area contributed by atoms with Gasteiger partial charge >= 0.3 is 0 Å². The number of carbonyl (C=O) groups excluding carboxylic acids is 1. The Bertz CT molecular complexity index is 1420. The lowest BCUT2D eigenvalue weighted by Crippen LogP contribution is -2.41. The minimum Gasteiger partial charge on any atom is -0.385 e. The smallest absolute Gasteiger partial charge is 0.232 e. The molecule has 1 N–H and O–H groups in total. The van der Waals surface area contributed by atoms with E-state index in [2.05, 4.69) is 64.7 Å². The Morgan fingerprint density at radius 3 is 2.42 bits per heavy atom. The molecule has 4 aromatic rings. The Kier molecular flexibility index (Phi) is 6.77. The van der Waals surface area contributed by atoms with Crippen molar-refractivity contribution in [2.75, 3.05) is 28.7 Å². The topological polar surface area (TPSA) is 48.5 Å². The Morgan fingerprint density at radius 1 is 0.974 bits per heavy atom. The van der Waals surface area contributed by atoms with Crippen molar-refractivity contribution in [3.05, 3.63) is 119 Å². The number of nitrogens with zero attached hydrogens (tertiary/aromatic N) is 3. The van der Waals surface area contributed by atoms with Crippen molar-refractivity contribution in [2.24, 2.45) is 5.92 Å². The number of benzene rings is 3. The van der Waals surface area contributed by atoms with E-state index in [4.69, 9.17) is 11.6 Å². The largest absolute Gasteiger partial charge is 0.385 e. The first-order valence-electron chi connectivity index (χ1n) is 13.2. The molecule has 2 heterocycles. The zero-order valence-electron chi connectivity index (χ0n) is 21.5. The fraction of sp³-hybridized carbons (Fsp3) is 0.250. The number of rotatable bonds is 8. The lowest BCUT2D eigenvalue weighted by Gasteiger charge is -2.38. The predicted octanol–water partition coefficient (Wildman–Crippen LogP) is 6.87. The van der Waals surface area contributed by atoms with Gasteiger partial charge in [-0.1, -0.05) is 29.8 Å². The van der Waals surface area contributed by atoms with Crippen LogP contribution in [-0.4, -0.2) is 24.5 Å². The fourth-order valence-electron chi connectivity index (χ4n) is 5.22. The molecule has 1 aliphatic heterocycles. The van der Waals surface area contributed by atoms with Gasteiger partial charge in [-0.2, -0.15) is 0 Å². The summed E-state index contributed by atoms with van der Waals surface area (Å²) in [5.41, 5.74) is 7.56. The van der Waals surface area contributed by atoms with Gasteiger partial charge in [0, 0.05) is 54.6 Å². The van der Waals surface area contributed by atoms with E-state index in [0.717, 1.165) is 52.8 Å². The van der Waals surface area contributed by atoms with Gasteiger partial charge in [0.2, 0.25) is 5.91 Å². The van der Waals surface area contributed by atoms with E-state index in [-0.39, 0.29) is 11.9 Å². The van der Waals surface area contributed by atoms with Crippen molar-refractivity contribution in [1.29, 1.82) is 0 Å². The quantitative estimate of drug-likeness (QED) is 0.274. The van der Waals surface area contributed by atoms with Crippen LogP contribution in [0.15, 0.2) is 91.3 Å². The standard InChI is InChI=1S/C32H31ClN4O/c1-36(21-23-14-16-34-17-15-23)28-10-12-29(13-11-28)37-31(38)18-25-6-9-27(35-20-22-2-3-22)19-30(25)32(37)24-4-7-26(33)8-5-24/h4-17,19,22,32,35H,2-3,18,20-21H2,1H3. The summed E-state index contributed by atoms with van der Waals surface area (Å²) in [6.45, 7) is 1.78. The Balaban J connectivity index is 1.33. The first kappa shape index (κ1) is 24.5. The maximum absolute atomic E-state index is 13.6. The molecule has 0 spiro atoms. The van der Waals surface area contributed by atoms with Gasteiger partial charge in [-0.3, -0.25) is 9.78 Å². The van der Waals surface area contributed by atoms with E-state index in [0.29, 0.717) is 11.4 Å². The molecule has 0 bridgehead atoms. The highest BCUT2D eigenvalue weighted by molar-refractivity contribution is 6.30. The molecule has 192 valence electrons. The van der Waals surface area contributed by atoms with Crippen LogP contribution >= 0.6 is 11.6 Å². The van der Waals surface area contributed by atoms with Crippen LogP contribution in [0.2, 0.25) is 5.02 Å². The second-order valence-corrected chi connectivity index (χ2v) is 10.8. The van der Waals surface area contributed by atoms with Gasteiger partial charge in [-0.15, -0.1) is 0 Å². The lowest BCUT2D eigenvalue weighted by molar-refractivity contribution is -0.118. The second kappa shape index (κ2) is 10.5. The summed E-state index contributed by atoms with van der Waals surface area (Å²) in [6, 6.07) is 26.4. The van der Waals surface area contributed by atoms with Crippen LogP contribution in [0.3, 0.4) is 0 Å². The van der Waals surface area contributed by atoms with Gasteiger partial charge in [-0.05, 0) is 102 Å². The summed E-state index contributed by atoms with van der Waals surface area (Å²) in [6.07, 6.45) is 6.63. The van der Waals surface area contributed by atoms with Gasteiger partial charge < -0.3 is 15.1 Å². The lowest BCUT2D eigenvalue weighted by atomic mass is 9.87. The molecule has 5 nitrogen and oxygen atoms in total. The summed E-state index contributed by atoms with van der Waals surface area (Å²) < 4.78 is 0. The van der Waals surface area contributed by atoms with Crippen molar-refractivity contribution in [1.82, 2.24) is 4.98 Å². The third-order valence-electron chi connectivity index (χ3n) is 7.52. The summed E-state index contributed by atoms with van der Waals surface area (Å²) in [4.78, 5) is 21.9. The number of anilines is 3. The normalized spacial score (nSPS) is 16.7. The first-order chi connectivity index (χ1) is 18.5. The number of fused-ring (bicyclic) bond motifs is 1. The number of halogens is 1. The molecular weight excluding hydrogens is 492 g/mol. The first-order valence-corrected chi connectivity index (χ1v) is 13.6. The number of nitrogens with one attached hydrogen (secondary N) is 1. The zero-order valence-corrected chi connectivity index (χ0v) is 22.2. The van der Waals surface area contributed by atoms with Crippen molar-refractivity contribution < 1.29 is 4.79 Å². The van der Waals surface area contributed by atoms with Crippen molar-refractivity contribution >= 4 is 34.6 Å². The molecular formula is C32H31ClN4O. The summed E-state index contributed by atoms with van der Waals surface area (Å²) >= 11 is 6.24. The molecule has 38 heavy (non-hydrogen) atoms. The SMILES string of the molecule is CN(Cc1ccncc1)c1ccc(N2C(=O)Cc3ccc(NCC4CC4)cc3C2c2ccc(Cl)cc2)cc1. The van der Waals surface area contributed by atoms with E-state index in [1.54, 1.807) is 0 Å². The third-order valence-corrected chi connectivity index (χ3v) is 7.78. The van der Waals surface area contributed by atoms with Gasteiger partial charge in [0.05, 0.1) is 12.5 Å². The second-order valence-electron chi connectivity index (χ2n) is 10.4. The minimum atomic E-state index is -0.230. The summed E-state index contributed by atoms with van der Waals surface area (Å²) in [7, 11) is 2.07. The number of carbonyl (C=O) groups is 1. The van der Waals surface area contributed by atoms with E-state index < -0.39 is 0 Å². The molecule has 1 aliphatic carbocycles.